The highest BCUT2D eigenvalue weighted by atomic mass is 32.2. The number of hydrogen-bond donors (Lipinski definition) is 12. The quantitative estimate of drug-likeness (QED) is 0.0382. The van der Waals surface area contributed by atoms with E-state index in [4.69, 9.17) is 69.1 Å². The molecule has 33 heteroatoms. The molecule has 3 aliphatic heterocycles. The van der Waals surface area contributed by atoms with Crippen molar-refractivity contribution >= 4 is 65.7 Å². The Morgan fingerprint density at radius 2 is 0.798 bits per heavy atom. The number of amides is 6. The van der Waals surface area contributed by atoms with E-state index in [9.17, 15) is 59.4 Å². The minimum absolute atomic E-state index is 0.0358. The van der Waals surface area contributed by atoms with Gasteiger partial charge in [0.15, 0.2) is 18.9 Å². The summed E-state index contributed by atoms with van der Waals surface area (Å²) < 4.78 is 71.8. The predicted molar refractivity (Wildman–Crippen MR) is 320 cm³/mol. The monoisotopic (exact) mass is 1320 g/mol. The number of nitrogens with one attached hydrogen (secondary N) is 6. The minimum atomic E-state index is -1.98. The highest BCUT2D eigenvalue weighted by Crippen LogP contribution is 2.37. The van der Waals surface area contributed by atoms with Crippen molar-refractivity contribution in [3.05, 3.63) is 0 Å². The first-order valence-corrected chi connectivity index (χ1v) is 30.8. The zero-order chi connectivity index (χ0) is 67.5. The smallest absolute Gasteiger partial charge is 0.408 e. The maximum absolute atomic E-state index is 14.0. The average Bonchev–Trinajstić information content (AvgIpc) is 1.81. The van der Waals surface area contributed by atoms with E-state index in [1.807, 2.05) is 0 Å². The SMILES string of the molecule is CC(C)(C)OC(=O)NC[C@@H]1O[C@H](O[C@H]2[C@@H](O)[C@H](O[C@@H]3[C@@H](O)[C@H](NC(=O)OC(C)(C)C)C[C@H](NC(=O)OC(C)(C)C)[C@H]3O[C@H]3O[C@H](CNC(=O)OC(C)(C)C)[C@@H](O)[C@H](O)[C@H]3NC(=O)OC(C)(C)C)O[C@@H]2CSCCN=C=S)[C@H](NC(=O)OC(C)(C)C)[C@@H](O)[C@@H]1O. The van der Waals surface area contributed by atoms with Crippen molar-refractivity contribution in [3.63, 3.8) is 0 Å². The van der Waals surface area contributed by atoms with Gasteiger partial charge in [0, 0.05) is 24.6 Å². The van der Waals surface area contributed by atoms with Crippen LogP contribution in [0.2, 0.25) is 0 Å². The fourth-order valence-corrected chi connectivity index (χ4v) is 10.3. The molecule has 4 fully saturated rings. The lowest BCUT2D eigenvalue weighted by atomic mass is 9.83. The molecule has 6 amide bonds. The molecule has 512 valence electrons. The van der Waals surface area contributed by atoms with Crippen LogP contribution in [0.3, 0.4) is 0 Å². The van der Waals surface area contributed by atoms with Crippen LogP contribution in [0.25, 0.3) is 0 Å². The van der Waals surface area contributed by atoms with Crippen LogP contribution in [0.1, 0.15) is 131 Å². The summed E-state index contributed by atoms with van der Waals surface area (Å²) in [5.41, 5.74) is -6.26. The molecule has 1 saturated carbocycles. The Balaban J connectivity index is 1.91. The summed E-state index contributed by atoms with van der Waals surface area (Å²) in [5.74, 6) is 0.276. The van der Waals surface area contributed by atoms with E-state index >= 15 is 0 Å². The second-order valence-electron chi connectivity index (χ2n) is 27.8. The van der Waals surface area contributed by atoms with Crippen LogP contribution < -0.4 is 31.9 Å². The molecule has 0 unspecified atom stereocenters. The van der Waals surface area contributed by atoms with Gasteiger partial charge in [-0.3, -0.25) is 0 Å². The van der Waals surface area contributed by atoms with Crippen molar-refractivity contribution in [2.24, 2.45) is 4.99 Å². The molecule has 19 atom stereocenters. The second-order valence-corrected chi connectivity index (χ2v) is 29.1. The lowest BCUT2D eigenvalue weighted by Gasteiger charge is -2.49. The van der Waals surface area contributed by atoms with Gasteiger partial charge >= 0.3 is 36.6 Å². The molecule has 0 aromatic heterocycles. The number of isothiocyanates is 1. The predicted octanol–water partition coefficient (Wildman–Crippen LogP) is 2.34. The summed E-state index contributed by atoms with van der Waals surface area (Å²) >= 11 is 5.99. The van der Waals surface area contributed by atoms with E-state index in [0.717, 1.165) is 0 Å². The van der Waals surface area contributed by atoms with Gasteiger partial charge in [0.25, 0.3) is 0 Å². The van der Waals surface area contributed by atoms with Gasteiger partial charge in [-0.25, -0.2) is 33.8 Å². The Hall–Kier alpha value is -4.71. The molecule has 0 aromatic rings. The van der Waals surface area contributed by atoms with Crippen LogP contribution in [0, 0.1) is 0 Å². The van der Waals surface area contributed by atoms with Crippen molar-refractivity contribution in [2.75, 3.05) is 31.1 Å². The normalized spacial score (nSPS) is 32.0. The highest BCUT2D eigenvalue weighted by Gasteiger charge is 2.57. The zero-order valence-corrected chi connectivity index (χ0v) is 55.6. The molecule has 3 saturated heterocycles. The van der Waals surface area contributed by atoms with Gasteiger partial charge in [0.1, 0.15) is 113 Å². The van der Waals surface area contributed by atoms with Crippen LogP contribution in [-0.4, -0.2) is 253 Å². The van der Waals surface area contributed by atoms with Crippen molar-refractivity contribution in [1.29, 1.82) is 0 Å². The molecule has 0 spiro atoms. The standard InChI is InChI=1S/C56H97N7O24S2/c1-51(2,3)82-45(70)58-22-28-34(65)36(67)31(62-49(74)86-55(13,14)15)42(76-28)79-39-27(61-48(73)85-54(10,11)12)21-26(60-47(72)84-53(7,8)9)33(64)41(39)81-44-38(69)40(30(78-44)24-89-20-19-57-25-88)80-43-32(63-50(75)87-56(16,17)18)37(68)35(66)29(77-43)23-59-46(71)83-52(4,5)6/h26-44,64-69H,19-24H2,1-18H3,(H,58,70)(H,59,71)(H,60,72)(H,61,73)(H,62,74)(H,63,75)/t26-,27+,28-,29+,30-,31-,32-,33+,34-,35-,36-,37-,38-,39-,40-,41-,42-,43-,44+/m1/s1. The summed E-state index contributed by atoms with van der Waals surface area (Å²) in [4.78, 5) is 84.3. The third kappa shape index (κ3) is 25.7. The zero-order valence-electron chi connectivity index (χ0n) is 54.0. The number of alkyl carbamates (subject to hydrolysis) is 6. The Kier molecular flexibility index (Phi) is 27.4. The van der Waals surface area contributed by atoms with Gasteiger partial charge in [0.05, 0.1) is 29.9 Å². The van der Waals surface area contributed by atoms with Crippen molar-refractivity contribution in [3.8, 4) is 0 Å². The number of rotatable bonds is 19. The van der Waals surface area contributed by atoms with E-state index < -0.39 is 206 Å². The molecule has 89 heavy (non-hydrogen) atoms. The van der Waals surface area contributed by atoms with Crippen LogP contribution >= 0.6 is 24.0 Å². The molecular weight excluding hydrogens is 1220 g/mol. The highest BCUT2D eigenvalue weighted by molar-refractivity contribution is 7.99. The first kappa shape index (κ1) is 76.7. The number of thiocarbonyl (C=S) groups is 1. The third-order valence-corrected chi connectivity index (χ3v) is 13.9. The van der Waals surface area contributed by atoms with E-state index in [1.54, 1.807) is 125 Å². The number of nitrogens with zero attached hydrogens (tertiary/aromatic N) is 1. The Labute approximate surface area is 529 Å². The molecule has 4 rings (SSSR count). The van der Waals surface area contributed by atoms with Crippen LogP contribution in [0.15, 0.2) is 4.99 Å². The number of aliphatic hydroxyl groups is 6. The molecule has 3 heterocycles. The molecular formula is C56H97N7O24S2. The number of aliphatic hydroxyl groups excluding tert-OH is 6. The Bertz CT molecular complexity index is 2400. The first-order valence-electron chi connectivity index (χ1n) is 29.3. The van der Waals surface area contributed by atoms with Gasteiger partial charge < -0.3 is 119 Å². The van der Waals surface area contributed by atoms with Gasteiger partial charge in [-0.15, -0.1) is 0 Å². The maximum Gasteiger partial charge on any atom is 0.408 e. The largest absolute Gasteiger partial charge is 0.444 e. The molecule has 12 N–H and O–H groups in total. The van der Waals surface area contributed by atoms with E-state index in [0.29, 0.717) is 5.75 Å². The molecule has 1 aliphatic carbocycles. The topological polar surface area (TPSA) is 419 Å². The molecule has 31 nitrogen and oxygen atoms in total. The number of ether oxygens (including phenoxy) is 12. The Morgan fingerprint density at radius 1 is 0.449 bits per heavy atom. The molecule has 4 aliphatic rings. The summed E-state index contributed by atoms with van der Waals surface area (Å²) in [7, 11) is 0. The van der Waals surface area contributed by atoms with Crippen LogP contribution in [0.4, 0.5) is 28.8 Å². The number of thioether (sulfide) groups is 1. The van der Waals surface area contributed by atoms with Gasteiger partial charge in [0.2, 0.25) is 0 Å². The lowest BCUT2D eigenvalue weighted by molar-refractivity contribution is -0.310. The van der Waals surface area contributed by atoms with Crippen molar-refractivity contribution in [1.82, 2.24) is 31.9 Å². The summed E-state index contributed by atoms with van der Waals surface area (Å²) in [6.45, 7) is 27.9. The second kappa shape index (κ2) is 31.7. The van der Waals surface area contributed by atoms with Crippen molar-refractivity contribution in [2.45, 2.75) is 281 Å². The number of carbonyl (C=O) groups is 6. The first-order chi connectivity index (χ1) is 40.7. The maximum atomic E-state index is 14.0. The summed E-state index contributed by atoms with van der Waals surface area (Å²) in [5, 5.41) is 89.4. The molecule has 0 aromatic carbocycles. The molecule has 0 radical (unpaired) electrons. The summed E-state index contributed by atoms with van der Waals surface area (Å²) in [6, 6.07) is -6.31. The van der Waals surface area contributed by atoms with Crippen LogP contribution in [0.5, 0.6) is 0 Å². The number of carbonyl (C=O) groups excluding carboxylic acids is 6. The van der Waals surface area contributed by atoms with Gasteiger partial charge in [-0.2, -0.15) is 11.8 Å². The Morgan fingerprint density at radius 3 is 1.19 bits per heavy atom. The van der Waals surface area contributed by atoms with Crippen molar-refractivity contribution < 1.29 is 116 Å². The lowest BCUT2D eigenvalue weighted by Crippen LogP contribution is -2.70. The van der Waals surface area contributed by atoms with E-state index in [1.165, 1.54) is 11.8 Å². The van der Waals surface area contributed by atoms with Gasteiger partial charge in [-0.05, 0) is 143 Å². The minimum Gasteiger partial charge on any atom is -0.444 e. The average molecular weight is 1320 g/mol. The number of aliphatic imine (C=N–C) groups is 1. The number of hydrogen-bond acceptors (Lipinski definition) is 27. The molecule has 0 bridgehead atoms. The van der Waals surface area contributed by atoms with Crippen LogP contribution in [-0.2, 0) is 56.8 Å². The summed E-state index contributed by atoms with van der Waals surface area (Å²) in [6.07, 6.45) is -33.2. The third-order valence-electron chi connectivity index (χ3n) is 12.7. The van der Waals surface area contributed by atoms with E-state index in [2.05, 4.69) is 42.1 Å². The fourth-order valence-electron chi connectivity index (χ4n) is 9.30. The fraction of sp³-hybridized carbons (Fsp3) is 0.875. The van der Waals surface area contributed by atoms with E-state index in [-0.39, 0.29) is 12.3 Å². The van der Waals surface area contributed by atoms with Gasteiger partial charge in [-0.1, -0.05) is 0 Å².